The third kappa shape index (κ3) is 4.39. The van der Waals surface area contributed by atoms with Crippen LogP contribution in [0.4, 0.5) is 0 Å². The van der Waals surface area contributed by atoms with Crippen molar-refractivity contribution in [3.8, 4) is 11.5 Å². The molecule has 0 amide bonds. The topological polar surface area (TPSA) is 39.7 Å². The molecule has 1 aromatic carbocycles. The van der Waals surface area contributed by atoms with Gasteiger partial charge < -0.3 is 19.5 Å². The number of ether oxygens (including phenoxy) is 3. The minimum Gasteiger partial charge on any atom is -0.490 e. The van der Waals surface area contributed by atoms with Crippen LogP contribution >= 0.6 is 0 Å². The van der Waals surface area contributed by atoms with E-state index in [-0.39, 0.29) is 12.2 Å². The van der Waals surface area contributed by atoms with E-state index in [1.807, 2.05) is 31.2 Å². The predicted molar refractivity (Wildman–Crippen MR) is 91.2 cm³/mol. The van der Waals surface area contributed by atoms with Gasteiger partial charge in [-0.15, -0.1) is 0 Å². The molecule has 2 fully saturated rings. The number of nitrogens with one attached hydrogen (secondary N) is 1. The summed E-state index contributed by atoms with van der Waals surface area (Å²) in [5.74, 6) is 2.25. The molecule has 1 unspecified atom stereocenters. The van der Waals surface area contributed by atoms with E-state index in [2.05, 4.69) is 5.32 Å². The highest BCUT2D eigenvalue weighted by atomic mass is 16.6. The largest absolute Gasteiger partial charge is 0.490 e. The van der Waals surface area contributed by atoms with E-state index in [4.69, 9.17) is 14.2 Å². The molecule has 0 spiro atoms. The maximum Gasteiger partial charge on any atom is 0.161 e. The van der Waals surface area contributed by atoms with Gasteiger partial charge in [0.25, 0.3) is 0 Å². The quantitative estimate of drug-likeness (QED) is 0.872. The van der Waals surface area contributed by atoms with Crippen molar-refractivity contribution in [3.05, 3.63) is 24.3 Å². The lowest BCUT2D eigenvalue weighted by molar-refractivity contribution is -0.0690. The fraction of sp³-hybridized carbons (Fsp3) is 0.684. The molecule has 0 bridgehead atoms. The lowest BCUT2D eigenvalue weighted by Crippen LogP contribution is -2.50. The summed E-state index contributed by atoms with van der Waals surface area (Å²) in [6, 6.07) is 8.00. The first-order chi connectivity index (χ1) is 11.4. The van der Waals surface area contributed by atoms with Gasteiger partial charge in [0.1, 0.15) is 12.2 Å². The predicted octanol–water partition coefficient (Wildman–Crippen LogP) is 3.40. The summed E-state index contributed by atoms with van der Waals surface area (Å²) < 4.78 is 18.3. The molecular formula is C19H29NO3. The van der Waals surface area contributed by atoms with Gasteiger partial charge in [-0.05, 0) is 37.8 Å². The number of benzene rings is 1. The van der Waals surface area contributed by atoms with Gasteiger partial charge in [-0.3, -0.25) is 0 Å². The average molecular weight is 319 g/mol. The van der Waals surface area contributed by atoms with Crippen molar-refractivity contribution >= 4 is 0 Å². The summed E-state index contributed by atoms with van der Waals surface area (Å²) in [6.07, 6.45) is 6.66. The van der Waals surface area contributed by atoms with E-state index < -0.39 is 0 Å². The lowest BCUT2D eigenvalue weighted by Gasteiger charge is -2.38. The van der Waals surface area contributed by atoms with Crippen molar-refractivity contribution in [1.82, 2.24) is 5.32 Å². The van der Waals surface area contributed by atoms with Crippen LogP contribution in [0.5, 0.6) is 11.5 Å². The first kappa shape index (κ1) is 16.6. The Labute approximate surface area is 139 Å². The van der Waals surface area contributed by atoms with E-state index in [1.165, 1.54) is 32.1 Å². The molecule has 1 saturated heterocycles. The summed E-state index contributed by atoms with van der Waals surface area (Å²) in [7, 11) is 0. The highest BCUT2D eigenvalue weighted by molar-refractivity contribution is 5.39. The molecule has 1 N–H and O–H groups in total. The minimum atomic E-state index is 0.102. The normalized spacial score (nSPS) is 24.1. The van der Waals surface area contributed by atoms with E-state index >= 15 is 0 Å². The van der Waals surface area contributed by atoms with Crippen LogP contribution in [-0.4, -0.2) is 38.5 Å². The molecular weight excluding hydrogens is 290 g/mol. The highest BCUT2D eigenvalue weighted by Crippen LogP contribution is 2.35. The summed E-state index contributed by atoms with van der Waals surface area (Å²) >= 11 is 0. The van der Waals surface area contributed by atoms with Crippen molar-refractivity contribution < 1.29 is 14.2 Å². The van der Waals surface area contributed by atoms with Crippen LogP contribution in [0, 0.1) is 5.92 Å². The molecule has 1 aromatic rings. The second kappa shape index (κ2) is 8.55. The molecule has 1 aliphatic carbocycles. The van der Waals surface area contributed by atoms with Gasteiger partial charge in [-0.2, -0.15) is 0 Å². The highest BCUT2D eigenvalue weighted by Gasteiger charge is 2.34. The molecule has 0 radical (unpaired) electrons. The third-order valence-electron chi connectivity index (χ3n) is 4.85. The smallest absolute Gasteiger partial charge is 0.161 e. The van der Waals surface area contributed by atoms with Crippen molar-refractivity contribution in [2.75, 3.05) is 26.3 Å². The molecule has 4 nitrogen and oxygen atoms in total. The van der Waals surface area contributed by atoms with Crippen LogP contribution in [0.1, 0.15) is 39.0 Å². The van der Waals surface area contributed by atoms with Crippen LogP contribution in [0.2, 0.25) is 0 Å². The van der Waals surface area contributed by atoms with Gasteiger partial charge in [-0.1, -0.05) is 31.4 Å². The Hall–Kier alpha value is -1.26. The Morgan fingerprint density at radius 2 is 1.96 bits per heavy atom. The molecule has 4 heteroatoms. The molecule has 128 valence electrons. The Balaban J connectivity index is 1.77. The molecule has 2 atom stereocenters. The van der Waals surface area contributed by atoms with E-state index in [1.54, 1.807) is 0 Å². The van der Waals surface area contributed by atoms with Gasteiger partial charge in [0, 0.05) is 13.1 Å². The summed E-state index contributed by atoms with van der Waals surface area (Å²) in [6.45, 7) is 5.23. The monoisotopic (exact) mass is 319 g/mol. The first-order valence-corrected chi connectivity index (χ1v) is 9.09. The number of para-hydroxylation sites is 2. The van der Waals surface area contributed by atoms with Gasteiger partial charge in [0.05, 0.1) is 13.2 Å². The molecule has 3 rings (SSSR count). The fourth-order valence-corrected chi connectivity index (χ4v) is 3.70. The molecule has 1 saturated carbocycles. The van der Waals surface area contributed by atoms with Crippen molar-refractivity contribution in [2.24, 2.45) is 5.92 Å². The van der Waals surface area contributed by atoms with Crippen molar-refractivity contribution in [3.63, 3.8) is 0 Å². The van der Waals surface area contributed by atoms with Gasteiger partial charge >= 0.3 is 0 Å². The van der Waals surface area contributed by atoms with Crippen LogP contribution < -0.4 is 14.8 Å². The second-order valence-electron chi connectivity index (χ2n) is 6.47. The molecule has 1 heterocycles. The average Bonchev–Trinajstić information content (AvgIpc) is 2.63. The molecule has 2 aliphatic rings. The van der Waals surface area contributed by atoms with Crippen LogP contribution in [0.25, 0.3) is 0 Å². The zero-order valence-electron chi connectivity index (χ0n) is 14.1. The van der Waals surface area contributed by atoms with Gasteiger partial charge in [-0.25, -0.2) is 0 Å². The number of hydrogen-bond acceptors (Lipinski definition) is 4. The Kier molecular flexibility index (Phi) is 6.17. The standard InChI is InChI=1S/C19H29NO3/c1-2-21-16-10-6-7-11-17(16)23-19(15-8-4-3-5-9-15)18-14-20-12-13-22-18/h6-7,10-11,15,18-20H,2-5,8-9,12-14H2,1H3/t18-,19?/m0/s1. The Morgan fingerprint density at radius 3 is 2.65 bits per heavy atom. The van der Waals surface area contributed by atoms with E-state index in [0.717, 1.165) is 31.2 Å². The number of morpholine rings is 1. The second-order valence-corrected chi connectivity index (χ2v) is 6.47. The van der Waals surface area contributed by atoms with E-state index in [9.17, 15) is 0 Å². The lowest BCUT2D eigenvalue weighted by atomic mass is 9.83. The minimum absolute atomic E-state index is 0.102. The summed E-state index contributed by atoms with van der Waals surface area (Å²) in [5.41, 5.74) is 0. The van der Waals surface area contributed by atoms with Crippen molar-refractivity contribution in [1.29, 1.82) is 0 Å². The fourth-order valence-electron chi connectivity index (χ4n) is 3.70. The number of hydrogen-bond donors (Lipinski definition) is 1. The van der Waals surface area contributed by atoms with Crippen LogP contribution in [0.3, 0.4) is 0 Å². The van der Waals surface area contributed by atoms with Crippen molar-refractivity contribution in [2.45, 2.75) is 51.2 Å². The van der Waals surface area contributed by atoms with Crippen LogP contribution in [-0.2, 0) is 4.74 Å². The summed E-state index contributed by atoms with van der Waals surface area (Å²) in [5, 5.41) is 3.44. The van der Waals surface area contributed by atoms with Gasteiger partial charge in [0.15, 0.2) is 11.5 Å². The zero-order valence-corrected chi connectivity index (χ0v) is 14.1. The Morgan fingerprint density at radius 1 is 1.17 bits per heavy atom. The maximum absolute atomic E-state index is 6.49. The van der Waals surface area contributed by atoms with Crippen LogP contribution in [0.15, 0.2) is 24.3 Å². The molecule has 1 aliphatic heterocycles. The van der Waals surface area contributed by atoms with E-state index in [0.29, 0.717) is 12.5 Å². The first-order valence-electron chi connectivity index (χ1n) is 9.09. The third-order valence-corrected chi connectivity index (χ3v) is 4.85. The van der Waals surface area contributed by atoms with Gasteiger partial charge in [0.2, 0.25) is 0 Å². The maximum atomic E-state index is 6.49. The Bertz CT molecular complexity index is 449. The summed E-state index contributed by atoms with van der Waals surface area (Å²) in [4.78, 5) is 0. The SMILES string of the molecule is CCOc1ccccc1OC(C1CCCCC1)[C@@H]1CNCCO1. The zero-order chi connectivity index (χ0) is 15.9. The molecule has 23 heavy (non-hydrogen) atoms. The molecule has 0 aromatic heterocycles. The number of rotatable bonds is 6.